The third kappa shape index (κ3) is 3.78. The van der Waals surface area contributed by atoms with Gasteiger partial charge in [0.15, 0.2) is 0 Å². The lowest BCUT2D eigenvalue weighted by Gasteiger charge is -2.23. The molecule has 130 valence electrons. The molecule has 2 fully saturated rings. The Balaban J connectivity index is 1.65. The SMILES string of the molecule is CCCc1ccc(N2CC(C(=O)N3CCCNCC3)CC2=O)cc1. The molecule has 1 N–H and O–H groups in total. The number of benzene rings is 1. The molecule has 2 aliphatic heterocycles. The molecule has 1 aromatic carbocycles. The molecule has 0 aromatic heterocycles. The molecule has 0 radical (unpaired) electrons. The van der Waals surface area contributed by atoms with Crippen molar-refractivity contribution in [1.29, 1.82) is 0 Å². The van der Waals surface area contributed by atoms with E-state index in [1.165, 1.54) is 5.56 Å². The summed E-state index contributed by atoms with van der Waals surface area (Å²) in [5.74, 6) is -0.00684. The van der Waals surface area contributed by atoms with Gasteiger partial charge >= 0.3 is 0 Å². The van der Waals surface area contributed by atoms with Crippen molar-refractivity contribution in [3.05, 3.63) is 29.8 Å². The minimum Gasteiger partial charge on any atom is -0.341 e. The highest BCUT2D eigenvalue weighted by Crippen LogP contribution is 2.27. The highest BCUT2D eigenvalue weighted by atomic mass is 16.2. The van der Waals surface area contributed by atoms with Gasteiger partial charge in [0.1, 0.15) is 0 Å². The van der Waals surface area contributed by atoms with Gasteiger partial charge in [0.25, 0.3) is 0 Å². The second-order valence-electron chi connectivity index (χ2n) is 6.75. The standard InChI is InChI=1S/C19H27N3O2/c1-2-4-15-5-7-17(8-6-15)22-14-16(13-18(22)23)19(24)21-11-3-9-20-10-12-21/h5-8,16,20H,2-4,9-14H2,1H3. The smallest absolute Gasteiger partial charge is 0.228 e. The van der Waals surface area contributed by atoms with Gasteiger partial charge in [-0.15, -0.1) is 0 Å². The third-order valence-corrected chi connectivity index (χ3v) is 4.91. The second-order valence-corrected chi connectivity index (χ2v) is 6.75. The molecule has 0 spiro atoms. The third-order valence-electron chi connectivity index (χ3n) is 4.91. The van der Waals surface area contributed by atoms with Crippen LogP contribution in [0.3, 0.4) is 0 Å². The fourth-order valence-corrected chi connectivity index (χ4v) is 3.58. The van der Waals surface area contributed by atoms with Crippen LogP contribution in [-0.4, -0.2) is 49.4 Å². The van der Waals surface area contributed by atoms with Crippen LogP contribution in [0.5, 0.6) is 0 Å². The van der Waals surface area contributed by atoms with E-state index in [-0.39, 0.29) is 17.7 Å². The van der Waals surface area contributed by atoms with Gasteiger partial charge in [-0.2, -0.15) is 0 Å². The number of nitrogens with one attached hydrogen (secondary N) is 1. The molecule has 2 aliphatic rings. The van der Waals surface area contributed by atoms with Gasteiger partial charge in [-0.1, -0.05) is 25.5 Å². The van der Waals surface area contributed by atoms with Crippen molar-refractivity contribution in [3.8, 4) is 0 Å². The first-order valence-electron chi connectivity index (χ1n) is 9.08. The zero-order chi connectivity index (χ0) is 16.9. The number of anilines is 1. The van der Waals surface area contributed by atoms with Crippen LogP contribution >= 0.6 is 0 Å². The lowest BCUT2D eigenvalue weighted by atomic mass is 10.1. The van der Waals surface area contributed by atoms with Gasteiger partial charge in [0.2, 0.25) is 11.8 Å². The Morgan fingerprint density at radius 1 is 1.21 bits per heavy atom. The number of rotatable bonds is 4. The molecular formula is C19H27N3O2. The summed E-state index contributed by atoms with van der Waals surface area (Å²) < 4.78 is 0. The first-order valence-corrected chi connectivity index (χ1v) is 9.08. The highest BCUT2D eigenvalue weighted by molar-refractivity contribution is 6.00. The Hall–Kier alpha value is -1.88. The van der Waals surface area contributed by atoms with E-state index in [0.29, 0.717) is 13.0 Å². The summed E-state index contributed by atoms with van der Waals surface area (Å²) in [6, 6.07) is 8.18. The largest absolute Gasteiger partial charge is 0.341 e. The Labute approximate surface area is 144 Å². The second kappa shape index (κ2) is 7.79. The van der Waals surface area contributed by atoms with Crippen LogP contribution in [0.1, 0.15) is 31.7 Å². The van der Waals surface area contributed by atoms with Gasteiger partial charge in [0.05, 0.1) is 5.92 Å². The molecule has 5 nitrogen and oxygen atoms in total. The molecule has 2 heterocycles. The van der Waals surface area contributed by atoms with Crippen molar-refractivity contribution in [2.45, 2.75) is 32.6 Å². The lowest BCUT2D eigenvalue weighted by molar-refractivity contribution is -0.135. The Morgan fingerprint density at radius 2 is 2.00 bits per heavy atom. The fraction of sp³-hybridized carbons (Fsp3) is 0.579. The van der Waals surface area contributed by atoms with E-state index in [0.717, 1.165) is 51.1 Å². The van der Waals surface area contributed by atoms with Crippen molar-refractivity contribution in [2.24, 2.45) is 5.92 Å². The molecule has 0 saturated carbocycles. The lowest BCUT2D eigenvalue weighted by Crippen LogP contribution is -2.39. The number of hydrogen-bond acceptors (Lipinski definition) is 3. The first kappa shape index (κ1) is 17.0. The summed E-state index contributed by atoms with van der Waals surface area (Å²) in [5.41, 5.74) is 2.20. The van der Waals surface area contributed by atoms with Crippen molar-refractivity contribution >= 4 is 17.5 Å². The van der Waals surface area contributed by atoms with E-state index in [1.54, 1.807) is 4.90 Å². The van der Waals surface area contributed by atoms with Gasteiger partial charge in [-0.05, 0) is 37.1 Å². The predicted molar refractivity (Wildman–Crippen MR) is 95.0 cm³/mol. The molecule has 1 atom stereocenters. The van der Waals surface area contributed by atoms with Crippen LogP contribution in [-0.2, 0) is 16.0 Å². The molecule has 2 amide bonds. The molecule has 1 unspecified atom stereocenters. The summed E-state index contributed by atoms with van der Waals surface area (Å²) in [6.45, 7) is 6.01. The van der Waals surface area contributed by atoms with Crippen LogP contribution in [0.2, 0.25) is 0 Å². The normalized spacial score (nSPS) is 21.9. The molecule has 5 heteroatoms. The molecule has 2 saturated heterocycles. The predicted octanol–water partition coefficient (Wildman–Crippen LogP) is 1.81. The number of aryl methyl sites for hydroxylation is 1. The van der Waals surface area contributed by atoms with Crippen molar-refractivity contribution in [2.75, 3.05) is 37.6 Å². The summed E-state index contributed by atoms with van der Waals surface area (Å²) in [5, 5.41) is 3.31. The van der Waals surface area contributed by atoms with Gasteiger partial charge in [0, 0.05) is 38.3 Å². The van der Waals surface area contributed by atoms with E-state index in [9.17, 15) is 9.59 Å². The average Bonchev–Trinajstić information content (AvgIpc) is 2.81. The summed E-state index contributed by atoms with van der Waals surface area (Å²) in [4.78, 5) is 28.8. The molecule has 1 aromatic rings. The topological polar surface area (TPSA) is 52.7 Å². The Bertz CT molecular complexity index is 577. The van der Waals surface area contributed by atoms with Crippen LogP contribution in [0, 0.1) is 5.92 Å². The minimum atomic E-state index is -0.203. The number of hydrogen-bond donors (Lipinski definition) is 1. The van der Waals surface area contributed by atoms with Crippen molar-refractivity contribution < 1.29 is 9.59 Å². The van der Waals surface area contributed by atoms with E-state index >= 15 is 0 Å². The number of carbonyl (C=O) groups excluding carboxylic acids is 2. The fourth-order valence-electron chi connectivity index (χ4n) is 3.58. The van der Waals surface area contributed by atoms with Crippen LogP contribution in [0.4, 0.5) is 5.69 Å². The summed E-state index contributed by atoms with van der Waals surface area (Å²) in [6.07, 6.45) is 3.48. The molecule has 24 heavy (non-hydrogen) atoms. The molecule has 0 aliphatic carbocycles. The summed E-state index contributed by atoms with van der Waals surface area (Å²) >= 11 is 0. The van der Waals surface area contributed by atoms with Crippen LogP contribution < -0.4 is 10.2 Å². The maximum atomic E-state index is 12.7. The maximum Gasteiger partial charge on any atom is 0.228 e. The van der Waals surface area contributed by atoms with Crippen LogP contribution in [0.25, 0.3) is 0 Å². The van der Waals surface area contributed by atoms with E-state index in [1.807, 2.05) is 17.0 Å². The first-order chi connectivity index (χ1) is 11.7. The quantitative estimate of drug-likeness (QED) is 0.917. The zero-order valence-corrected chi connectivity index (χ0v) is 14.5. The van der Waals surface area contributed by atoms with E-state index < -0.39 is 0 Å². The minimum absolute atomic E-state index is 0.0598. The molecular weight excluding hydrogens is 302 g/mol. The van der Waals surface area contributed by atoms with Crippen LogP contribution in [0.15, 0.2) is 24.3 Å². The average molecular weight is 329 g/mol. The number of nitrogens with zero attached hydrogens (tertiary/aromatic N) is 2. The highest BCUT2D eigenvalue weighted by Gasteiger charge is 2.37. The summed E-state index contributed by atoms with van der Waals surface area (Å²) in [7, 11) is 0. The Kier molecular flexibility index (Phi) is 5.51. The molecule has 0 bridgehead atoms. The van der Waals surface area contributed by atoms with Crippen molar-refractivity contribution in [1.82, 2.24) is 10.2 Å². The monoisotopic (exact) mass is 329 g/mol. The van der Waals surface area contributed by atoms with Crippen molar-refractivity contribution in [3.63, 3.8) is 0 Å². The van der Waals surface area contributed by atoms with Gasteiger partial charge in [-0.3, -0.25) is 9.59 Å². The van der Waals surface area contributed by atoms with E-state index in [4.69, 9.17) is 0 Å². The van der Waals surface area contributed by atoms with Gasteiger partial charge < -0.3 is 15.1 Å². The zero-order valence-electron chi connectivity index (χ0n) is 14.5. The van der Waals surface area contributed by atoms with E-state index in [2.05, 4.69) is 24.4 Å². The van der Waals surface area contributed by atoms with Gasteiger partial charge in [-0.25, -0.2) is 0 Å². The molecule has 3 rings (SSSR count). The number of carbonyl (C=O) groups is 2. The maximum absolute atomic E-state index is 12.7. The number of amides is 2. The Morgan fingerprint density at radius 3 is 2.75 bits per heavy atom.